The molecule has 1 N–H and O–H groups in total. The molecule has 3 aromatic rings. The van der Waals surface area contributed by atoms with Gasteiger partial charge in [0.2, 0.25) is 5.91 Å². The summed E-state index contributed by atoms with van der Waals surface area (Å²) in [6, 6.07) is 11.9. The lowest BCUT2D eigenvalue weighted by molar-refractivity contribution is -0.113. The smallest absolute Gasteiger partial charge is 0.277 e. The highest BCUT2D eigenvalue weighted by molar-refractivity contribution is 7.99. The van der Waals surface area contributed by atoms with Crippen molar-refractivity contribution in [3.63, 3.8) is 0 Å². The maximum atomic E-state index is 12.2. The molecule has 146 valence electrons. The number of ether oxygens (including phenoxy) is 1. The Morgan fingerprint density at radius 1 is 1.04 bits per heavy atom. The summed E-state index contributed by atoms with van der Waals surface area (Å²) in [7, 11) is 0. The Balaban J connectivity index is 1.50. The topological polar surface area (TPSA) is 77.2 Å². The van der Waals surface area contributed by atoms with Gasteiger partial charge in [0.05, 0.1) is 5.75 Å². The van der Waals surface area contributed by atoms with Gasteiger partial charge in [0.15, 0.2) is 6.61 Å². The lowest BCUT2D eigenvalue weighted by atomic mass is 10.1. The summed E-state index contributed by atoms with van der Waals surface area (Å²) in [5.74, 6) is 1.20. The van der Waals surface area contributed by atoms with Gasteiger partial charge in [-0.1, -0.05) is 30.0 Å². The summed E-state index contributed by atoms with van der Waals surface area (Å²) in [5.41, 5.74) is 5.20. The van der Waals surface area contributed by atoms with E-state index in [0.717, 1.165) is 33.7 Å². The van der Waals surface area contributed by atoms with E-state index in [1.54, 1.807) is 0 Å². The molecular formula is C21H23N3O3S. The van der Waals surface area contributed by atoms with Gasteiger partial charge in [-0.25, -0.2) is 0 Å². The van der Waals surface area contributed by atoms with Crippen molar-refractivity contribution in [2.75, 3.05) is 11.1 Å². The lowest BCUT2D eigenvalue weighted by Gasteiger charge is -2.08. The zero-order valence-electron chi connectivity index (χ0n) is 16.4. The minimum Gasteiger partial charge on any atom is -0.484 e. The number of carbonyl (C=O) groups is 1. The largest absolute Gasteiger partial charge is 0.484 e. The Morgan fingerprint density at radius 3 is 2.54 bits per heavy atom. The Kier molecular flexibility index (Phi) is 6.36. The van der Waals surface area contributed by atoms with Crippen molar-refractivity contribution in [3.05, 3.63) is 64.5 Å². The molecular weight excluding hydrogens is 374 g/mol. The quantitative estimate of drug-likeness (QED) is 0.587. The Bertz CT molecular complexity index is 965. The fourth-order valence-electron chi connectivity index (χ4n) is 2.70. The predicted molar refractivity (Wildman–Crippen MR) is 110 cm³/mol. The van der Waals surface area contributed by atoms with Crippen molar-refractivity contribution in [3.8, 4) is 5.75 Å². The second kappa shape index (κ2) is 8.93. The first kappa shape index (κ1) is 19.9. The number of hydrogen-bond donors (Lipinski definition) is 1. The van der Waals surface area contributed by atoms with Crippen LogP contribution in [0.4, 0.5) is 5.69 Å². The molecule has 1 heterocycles. The molecule has 0 fully saturated rings. The van der Waals surface area contributed by atoms with Crippen LogP contribution in [0.15, 0.2) is 46.0 Å². The first-order chi connectivity index (χ1) is 13.4. The van der Waals surface area contributed by atoms with Crippen LogP contribution in [0.1, 0.15) is 28.1 Å². The first-order valence-electron chi connectivity index (χ1n) is 8.92. The van der Waals surface area contributed by atoms with Crippen LogP contribution in [-0.2, 0) is 11.4 Å². The van der Waals surface area contributed by atoms with Crippen molar-refractivity contribution in [1.29, 1.82) is 0 Å². The molecule has 0 aliphatic heterocycles. The Labute approximate surface area is 168 Å². The zero-order valence-corrected chi connectivity index (χ0v) is 17.2. The van der Waals surface area contributed by atoms with Crippen molar-refractivity contribution in [2.24, 2.45) is 0 Å². The van der Waals surface area contributed by atoms with E-state index >= 15 is 0 Å². The van der Waals surface area contributed by atoms with Gasteiger partial charge >= 0.3 is 0 Å². The summed E-state index contributed by atoms with van der Waals surface area (Å²) in [6.45, 7) is 8.17. The molecule has 2 aromatic carbocycles. The Morgan fingerprint density at radius 2 is 1.79 bits per heavy atom. The molecule has 0 aliphatic carbocycles. The predicted octanol–water partition coefficient (Wildman–Crippen LogP) is 4.61. The number of nitrogens with zero attached hydrogens (tertiary/aromatic N) is 2. The number of hydrogen-bond acceptors (Lipinski definition) is 6. The number of benzene rings is 2. The second-order valence-corrected chi connectivity index (χ2v) is 7.66. The fourth-order valence-corrected chi connectivity index (χ4v) is 3.28. The average Bonchev–Trinajstić information content (AvgIpc) is 3.08. The van der Waals surface area contributed by atoms with Gasteiger partial charge < -0.3 is 14.5 Å². The maximum Gasteiger partial charge on any atom is 0.277 e. The second-order valence-electron chi connectivity index (χ2n) is 6.73. The maximum absolute atomic E-state index is 12.2. The lowest BCUT2D eigenvalue weighted by Crippen LogP contribution is -2.14. The monoisotopic (exact) mass is 397 g/mol. The van der Waals surface area contributed by atoms with E-state index in [0.29, 0.717) is 11.1 Å². The van der Waals surface area contributed by atoms with E-state index in [-0.39, 0.29) is 18.3 Å². The van der Waals surface area contributed by atoms with Crippen molar-refractivity contribution in [1.82, 2.24) is 10.2 Å². The third kappa shape index (κ3) is 5.60. The van der Waals surface area contributed by atoms with Crippen LogP contribution in [0.5, 0.6) is 5.75 Å². The highest BCUT2D eigenvalue weighted by atomic mass is 32.2. The summed E-state index contributed by atoms with van der Waals surface area (Å²) in [4.78, 5) is 12.2. The summed E-state index contributed by atoms with van der Waals surface area (Å²) in [6.07, 6.45) is 0. The molecule has 0 radical (unpaired) electrons. The molecule has 1 amide bonds. The molecule has 0 saturated heterocycles. The SMILES string of the molecule is Cc1cc(C)cc(OCc2nnc(SCC(=O)Nc3cc(C)ccc3C)o2)c1. The third-order valence-electron chi connectivity index (χ3n) is 4.00. The molecule has 0 aliphatic rings. The van der Waals surface area contributed by atoms with Gasteiger partial charge in [-0.3, -0.25) is 4.79 Å². The van der Waals surface area contributed by atoms with Crippen LogP contribution >= 0.6 is 11.8 Å². The molecule has 0 unspecified atom stereocenters. The number of nitrogens with one attached hydrogen (secondary N) is 1. The molecule has 3 rings (SSSR count). The number of anilines is 1. The number of aromatic nitrogens is 2. The van der Waals surface area contributed by atoms with Gasteiger partial charge in [-0.05, 0) is 68.1 Å². The van der Waals surface area contributed by atoms with Crippen LogP contribution < -0.4 is 10.1 Å². The van der Waals surface area contributed by atoms with Crippen LogP contribution in [-0.4, -0.2) is 21.9 Å². The minimum absolute atomic E-state index is 0.120. The number of rotatable bonds is 7. The number of amides is 1. The van der Waals surface area contributed by atoms with Gasteiger partial charge in [-0.15, -0.1) is 10.2 Å². The van der Waals surface area contributed by atoms with Crippen LogP contribution in [0.25, 0.3) is 0 Å². The average molecular weight is 398 g/mol. The third-order valence-corrected chi connectivity index (χ3v) is 4.82. The van der Waals surface area contributed by atoms with Gasteiger partial charge in [0.1, 0.15) is 5.75 Å². The fraction of sp³-hybridized carbons (Fsp3) is 0.286. The minimum atomic E-state index is -0.120. The van der Waals surface area contributed by atoms with E-state index in [4.69, 9.17) is 9.15 Å². The molecule has 0 saturated carbocycles. The van der Waals surface area contributed by atoms with E-state index in [9.17, 15) is 4.79 Å². The number of carbonyl (C=O) groups excluding carboxylic acids is 1. The van der Waals surface area contributed by atoms with Crippen LogP contribution in [0.2, 0.25) is 0 Å². The molecule has 0 spiro atoms. The van der Waals surface area contributed by atoms with Crippen molar-refractivity contribution >= 4 is 23.4 Å². The molecule has 28 heavy (non-hydrogen) atoms. The van der Waals surface area contributed by atoms with E-state index in [1.807, 2.05) is 58.0 Å². The van der Waals surface area contributed by atoms with E-state index in [2.05, 4.69) is 21.6 Å². The summed E-state index contributed by atoms with van der Waals surface area (Å²) < 4.78 is 11.3. The first-order valence-corrected chi connectivity index (χ1v) is 9.91. The van der Waals surface area contributed by atoms with Crippen molar-refractivity contribution in [2.45, 2.75) is 39.5 Å². The van der Waals surface area contributed by atoms with Gasteiger partial charge in [0.25, 0.3) is 11.1 Å². The molecule has 6 nitrogen and oxygen atoms in total. The standard InChI is InChI=1S/C21H23N3O3S/c1-13-5-6-16(4)18(10-13)22-19(25)12-28-21-24-23-20(27-21)11-26-17-8-14(2)7-15(3)9-17/h5-10H,11-12H2,1-4H3,(H,22,25). The highest BCUT2D eigenvalue weighted by Gasteiger charge is 2.11. The molecule has 0 bridgehead atoms. The van der Waals surface area contributed by atoms with Gasteiger partial charge in [-0.2, -0.15) is 0 Å². The zero-order chi connectivity index (χ0) is 20.1. The normalized spacial score (nSPS) is 10.7. The van der Waals surface area contributed by atoms with Crippen LogP contribution in [0.3, 0.4) is 0 Å². The molecule has 0 atom stereocenters. The number of aryl methyl sites for hydroxylation is 4. The summed E-state index contributed by atoms with van der Waals surface area (Å²) >= 11 is 1.20. The van der Waals surface area contributed by atoms with E-state index in [1.165, 1.54) is 11.8 Å². The van der Waals surface area contributed by atoms with Crippen molar-refractivity contribution < 1.29 is 13.9 Å². The van der Waals surface area contributed by atoms with Crippen LogP contribution in [0, 0.1) is 27.7 Å². The van der Waals surface area contributed by atoms with Gasteiger partial charge in [0, 0.05) is 5.69 Å². The summed E-state index contributed by atoms with van der Waals surface area (Å²) in [5, 5.41) is 11.2. The highest BCUT2D eigenvalue weighted by Crippen LogP contribution is 2.21. The molecule has 1 aromatic heterocycles. The molecule has 7 heteroatoms. The van der Waals surface area contributed by atoms with E-state index < -0.39 is 0 Å². The number of thioether (sulfide) groups is 1. The Hall–Kier alpha value is -2.80.